The molecule has 1 amide bonds. The lowest BCUT2D eigenvalue weighted by molar-refractivity contribution is -0.122. The molecule has 6 heteroatoms. The summed E-state index contributed by atoms with van der Waals surface area (Å²) in [5.74, 6) is 0.0216. The third kappa shape index (κ3) is 5.84. The number of nitrogens with zero attached hydrogens (tertiary/aromatic N) is 1. The molecule has 0 unspecified atom stereocenters. The molecule has 1 heterocycles. The van der Waals surface area contributed by atoms with E-state index in [0.29, 0.717) is 11.5 Å². The number of hydrogen-bond donors (Lipinski definition) is 1. The van der Waals surface area contributed by atoms with Gasteiger partial charge in [0.25, 0.3) is 5.91 Å². The molecule has 2 fully saturated rings. The Bertz CT molecular complexity index is 649. The van der Waals surface area contributed by atoms with Gasteiger partial charge in [-0.25, -0.2) is 8.78 Å². The van der Waals surface area contributed by atoms with Gasteiger partial charge in [0, 0.05) is 17.5 Å². The van der Waals surface area contributed by atoms with Gasteiger partial charge in [-0.2, -0.15) is 0 Å². The molecule has 0 atom stereocenters. The number of carbonyl (C=O) groups excluding carboxylic acids is 2. The Morgan fingerprint density at radius 1 is 1.00 bits per heavy atom. The van der Waals surface area contributed by atoms with Gasteiger partial charge in [-0.15, -0.1) is 0 Å². The fourth-order valence-electron chi connectivity index (χ4n) is 4.50. The van der Waals surface area contributed by atoms with Crippen LogP contribution in [0.2, 0.25) is 0 Å². The molecule has 1 aromatic carbocycles. The third-order valence-electron chi connectivity index (χ3n) is 6.27. The molecular weight excluding hydrogens is 362 g/mol. The third-order valence-corrected chi connectivity index (χ3v) is 6.27. The number of nitrogens with one attached hydrogen (secondary N) is 1. The highest BCUT2D eigenvalue weighted by atomic mass is 19.1. The fourth-order valence-corrected chi connectivity index (χ4v) is 4.50. The molecule has 1 aromatic rings. The highest BCUT2D eigenvalue weighted by Crippen LogP contribution is 2.28. The number of benzene rings is 1. The number of carbonyl (C=O) groups is 2. The zero-order valence-corrected chi connectivity index (χ0v) is 16.3. The second kappa shape index (κ2) is 10.1. The molecule has 1 saturated carbocycles. The second-order valence-corrected chi connectivity index (χ2v) is 8.19. The van der Waals surface area contributed by atoms with Crippen LogP contribution >= 0.6 is 0 Å². The average Bonchev–Trinajstić information content (AvgIpc) is 2.73. The van der Waals surface area contributed by atoms with E-state index in [4.69, 9.17) is 0 Å². The lowest BCUT2D eigenvalue weighted by Crippen LogP contribution is -2.40. The first kappa shape index (κ1) is 20.9. The highest BCUT2D eigenvalue weighted by Gasteiger charge is 2.27. The van der Waals surface area contributed by atoms with Gasteiger partial charge in [0.1, 0.15) is 5.82 Å². The topological polar surface area (TPSA) is 49.4 Å². The Kier molecular flexibility index (Phi) is 7.54. The van der Waals surface area contributed by atoms with Crippen molar-refractivity contribution >= 4 is 11.7 Å². The van der Waals surface area contributed by atoms with Gasteiger partial charge in [-0.1, -0.05) is 0 Å². The first-order valence-corrected chi connectivity index (χ1v) is 10.4. The van der Waals surface area contributed by atoms with E-state index in [9.17, 15) is 18.4 Å². The van der Waals surface area contributed by atoms with E-state index in [1.807, 2.05) is 0 Å². The first-order valence-electron chi connectivity index (χ1n) is 10.4. The Labute approximate surface area is 165 Å². The number of rotatable bonds is 7. The predicted molar refractivity (Wildman–Crippen MR) is 104 cm³/mol. The largest absolute Gasteiger partial charge is 0.351 e. The molecule has 28 heavy (non-hydrogen) atoms. The Morgan fingerprint density at radius 2 is 1.64 bits per heavy atom. The van der Waals surface area contributed by atoms with Gasteiger partial charge in [-0.05, 0) is 94.8 Å². The van der Waals surface area contributed by atoms with Crippen molar-refractivity contribution in [1.29, 1.82) is 0 Å². The Morgan fingerprint density at radius 3 is 2.25 bits per heavy atom. The molecule has 1 aliphatic heterocycles. The van der Waals surface area contributed by atoms with Gasteiger partial charge in [0.15, 0.2) is 12.5 Å². The first-order chi connectivity index (χ1) is 13.5. The lowest BCUT2D eigenvalue weighted by atomic mass is 9.83. The van der Waals surface area contributed by atoms with Crippen molar-refractivity contribution in [3.63, 3.8) is 0 Å². The van der Waals surface area contributed by atoms with Crippen LogP contribution in [-0.2, 0) is 4.79 Å². The summed E-state index contributed by atoms with van der Waals surface area (Å²) in [5, 5.41) is 2.75. The van der Waals surface area contributed by atoms with Crippen LogP contribution in [0.5, 0.6) is 0 Å². The van der Waals surface area contributed by atoms with E-state index in [0.717, 1.165) is 64.6 Å². The summed E-state index contributed by atoms with van der Waals surface area (Å²) in [6.07, 6.45) is 6.89. The molecule has 2 aliphatic rings. The minimum Gasteiger partial charge on any atom is -0.351 e. The van der Waals surface area contributed by atoms with E-state index >= 15 is 0 Å². The SMILES string of the molecule is O=C(CF)NC1CCC(CCN2CCC(C(=O)c3ccc(F)cc3)CC2)CC1. The minimum atomic E-state index is -0.931. The van der Waals surface area contributed by atoms with Gasteiger partial charge >= 0.3 is 0 Å². The van der Waals surface area contributed by atoms with Crippen molar-refractivity contribution in [1.82, 2.24) is 10.2 Å². The highest BCUT2D eigenvalue weighted by molar-refractivity contribution is 5.97. The summed E-state index contributed by atoms with van der Waals surface area (Å²) < 4.78 is 25.3. The number of likely N-dealkylation sites (tertiary alicyclic amines) is 1. The van der Waals surface area contributed by atoms with Gasteiger partial charge in [0.2, 0.25) is 0 Å². The van der Waals surface area contributed by atoms with Crippen LogP contribution in [0.15, 0.2) is 24.3 Å². The molecule has 0 bridgehead atoms. The van der Waals surface area contributed by atoms with Crippen molar-refractivity contribution in [2.24, 2.45) is 11.8 Å². The van der Waals surface area contributed by atoms with Crippen LogP contribution in [0.4, 0.5) is 8.78 Å². The molecule has 0 spiro atoms. The van der Waals surface area contributed by atoms with Crippen LogP contribution in [0, 0.1) is 17.7 Å². The maximum Gasteiger partial charge on any atom is 0.251 e. The minimum absolute atomic E-state index is 0.0382. The number of alkyl halides is 1. The summed E-state index contributed by atoms with van der Waals surface area (Å²) in [6, 6.07) is 5.99. The lowest BCUT2D eigenvalue weighted by Gasteiger charge is -2.34. The number of ketones is 1. The number of amides is 1. The van der Waals surface area contributed by atoms with E-state index in [1.54, 1.807) is 12.1 Å². The molecule has 0 radical (unpaired) electrons. The number of hydrogen-bond acceptors (Lipinski definition) is 3. The quantitative estimate of drug-likeness (QED) is 0.719. The van der Waals surface area contributed by atoms with Crippen LogP contribution < -0.4 is 5.32 Å². The zero-order valence-electron chi connectivity index (χ0n) is 16.3. The number of halogens is 2. The Balaban J connectivity index is 1.34. The van der Waals surface area contributed by atoms with Crippen molar-refractivity contribution in [2.75, 3.05) is 26.3 Å². The predicted octanol–water partition coefficient (Wildman–Crippen LogP) is 3.76. The van der Waals surface area contributed by atoms with Crippen LogP contribution in [-0.4, -0.2) is 48.9 Å². The average molecular weight is 392 g/mol. The molecular formula is C22H30F2N2O2. The van der Waals surface area contributed by atoms with Crippen molar-refractivity contribution in [3.05, 3.63) is 35.6 Å². The number of Topliss-reactive ketones (excluding diaryl/α,β-unsaturated/α-hetero) is 1. The molecule has 4 nitrogen and oxygen atoms in total. The van der Waals surface area contributed by atoms with Gasteiger partial charge in [0.05, 0.1) is 0 Å². The monoisotopic (exact) mass is 392 g/mol. The molecule has 0 aromatic heterocycles. The van der Waals surface area contributed by atoms with Gasteiger partial charge < -0.3 is 10.2 Å². The van der Waals surface area contributed by atoms with E-state index in [-0.39, 0.29) is 23.6 Å². The summed E-state index contributed by atoms with van der Waals surface area (Å²) in [7, 11) is 0. The summed E-state index contributed by atoms with van der Waals surface area (Å²) in [4.78, 5) is 26.1. The van der Waals surface area contributed by atoms with Gasteiger partial charge in [-0.3, -0.25) is 9.59 Å². The maximum atomic E-state index is 13.0. The normalized spacial score (nSPS) is 24.1. The number of piperidine rings is 1. The zero-order chi connectivity index (χ0) is 19.9. The van der Waals surface area contributed by atoms with Crippen LogP contribution in [0.25, 0.3) is 0 Å². The van der Waals surface area contributed by atoms with Crippen molar-refractivity contribution < 1.29 is 18.4 Å². The Hall–Kier alpha value is -1.82. The maximum absolute atomic E-state index is 13.0. The van der Waals surface area contributed by atoms with E-state index < -0.39 is 12.6 Å². The molecule has 1 aliphatic carbocycles. The smallest absolute Gasteiger partial charge is 0.251 e. The van der Waals surface area contributed by atoms with Crippen molar-refractivity contribution in [2.45, 2.75) is 51.0 Å². The molecule has 1 saturated heterocycles. The molecule has 1 N–H and O–H groups in total. The molecule has 154 valence electrons. The van der Waals surface area contributed by atoms with E-state index in [1.165, 1.54) is 12.1 Å². The summed E-state index contributed by atoms with van der Waals surface area (Å²) >= 11 is 0. The second-order valence-electron chi connectivity index (χ2n) is 8.19. The fraction of sp³-hybridized carbons (Fsp3) is 0.636. The standard InChI is InChI=1S/C22H30F2N2O2/c23-15-21(27)25-20-7-1-16(2-8-20)9-12-26-13-10-18(11-14-26)22(28)17-3-5-19(24)6-4-17/h3-6,16,18,20H,1-2,7-15H2,(H,25,27). The summed E-state index contributed by atoms with van der Waals surface area (Å²) in [5.41, 5.74) is 0.608. The van der Waals surface area contributed by atoms with Crippen LogP contribution in [0.1, 0.15) is 55.3 Å². The molecule has 3 rings (SSSR count). The summed E-state index contributed by atoms with van der Waals surface area (Å²) in [6.45, 7) is 1.97. The van der Waals surface area contributed by atoms with E-state index in [2.05, 4.69) is 10.2 Å². The van der Waals surface area contributed by atoms with Crippen LogP contribution in [0.3, 0.4) is 0 Å². The van der Waals surface area contributed by atoms with Crippen molar-refractivity contribution in [3.8, 4) is 0 Å².